The van der Waals surface area contributed by atoms with Crippen molar-refractivity contribution in [2.45, 2.75) is 0 Å². The van der Waals surface area contributed by atoms with Crippen LogP contribution in [0.1, 0.15) is 5.56 Å². The summed E-state index contributed by atoms with van der Waals surface area (Å²) in [7, 11) is 0. The van der Waals surface area contributed by atoms with E-state index in [4.69, 9.17) is 20.7 Å². The Kier molecular flexibility index (Phi) is 8.73. The molecule has 2 N–H and O–H groups in total. The minimum atomic E-state index is 0.587. The van der Waals surface area contributed by atoms with Crippen LogP contribution < -0.4 is 5.73 Å². The SMILES string of the molecule is C=C/C=C\c1cc(-c2ccc3c(c2)c2ccc4ccccc4c2n3-c2ccccc2)cc(-c2cccc(-c3nc(-c4ccccc4)nc(-c4ccccc4)n3)c2)c1N. The third-order valence-corrected chi connectivity index (χ3v) is 10.8. The van der Waals surface area contributed by atoms with Crippen LogP contribution in [-0.4, -0.2) is 19.5 Å². The average molecular weight is 744 g/mol. The highest BCUT2D eigenvalue weighted by molar-refractivity contribution is 6.19. The molecule has 0 aliphatic carbocycles. The fourth-order valence-electron chi connectivity index (χ4n) is 7.96. The normalized spacial score (nSPS) is 11.5. The summed E-state index contributed by atoms with van der Waals surface area (Å²) in [5.41, 5.74) is 18.9. The van der Waals surface area contributed by atoms with E-state index in [0.717, 1.165) is 55.7 Å². The first-order valence-corrected chi connectivity index (χ1v) is 19.3. The molecule has 274 valence electrons. The van der Waals surface area contributed by atoms with Gasteiger partial charge >= 0.3 is 0 Å². The maximum atomic E-state index is 7.05. The molecule has 2 heterocycles. The predicted octanol–water partition coefficient (Wildman–Crippen LogP) is 13.2. The Balaban J connectivity index is 1.14. The Morgan fingerprint density at radius 2 is 1.09 bits per heavy atom. The lowest BCUT2D eigenvalue weighted by molar-refractivity contribution is 1.07. The number of nitrogens with zero attached hydrogens (tertiary/aromatic N) is 4. The Bertz CT molecular complexity index is 3130. The average Bonchev–Trinajstić information content (AvgIpc) is 3.63. The van der Waals surface area contributed by atoms with Crippen molar-refractivity contribution in [2.75, 3.05) is 5.73 Å². The fourth-order valence-corrected chi connectivity index (χ4v) is 7.96. The van der Waals surface area contributed by atoms with Gasteiger partial charge in [-0.05, 0) is 70.1 Å². The number of nitrogens with two attached hydrogens (primary N) is 1. The lowest BCUT2D eigenvalue weighted by atomic mass is 9.92. The summed E-state index contributed by atoms with van der Waals surface area (Å²) in [5, 5.41) is 4.82. The molecule has 0 aliphatic rings. The Labute approximate surface area is 336 Å². The van der Waals surface area contributed by atoms with Crippen LogP contribution in [-0.2, 0) is 0 Å². The summed E-state index contributed by atoms with van der Waals surface area (Å²) in [6, 6.07) is 63.2. The summed E-state index contributed by atoms with van der Waals surface area (Å²) >= 11 is 0. The molecule has 0 bridgehead atoms. The van der Waals surface area contributed by atoms with Gasteiger partial charge in [0.15, 0.2) is 17.5 Å². The highest BCUT2D eigenvalue weighted by atomic mass is 15.0. The van der Waals surface area contributed by atoms with Gasteiger partial charge in [-0.25, -0.2) is 15.0 Å². The summed E-state index contributed by atoms with van der Waals surface area (Å²) < 4.78 is 2.39. The second-order valence-corrected chi connectivity index (χ2v) is 14.3. The van der Waals surface area contributed by atoms with E-state index in [0.29, 0.717) is 23.2 Å². The van der Waals surface area contributed by atoms with Crippen molar-refractivity contribution < 1.29 is 0 Å². The summed E-state index contributed by atoms with van der Waals surface area (Å²) in [6.45, 7) is 3.93. The van der Waals surface area contributed by atoms with E-state index in [1.54, 1.807) is 6.08 Å². The van der Waals surface area contributed by atoms with Crippen LogP contribution in [0.4, 0.5) is 5.69 Å². The number of hydrogen-bond acceptors (Lipinski definition) is 4. The highest BCUT2D eigenvalue weighted by Gasteiger charge is 2.18. The van der Waals surface area contributed by atoms with Crippen molar-refractivity contribution in [3.8, 4) is 62.1 Å². The van der Waals surface area contributed by atoms with Crippen LogP contribution in [0.3, 0.4) is 0 Å². The van der Waals surface area contributed by atoms with Gasteiger partial charge in [-0.3, -0.25) is 0 Å². The molecule has 10 rings (SSSR count). The van der Waals surface area contributed by atoms with E-state index in [2.05, 4.69) is 120 Å². The monoisotopic (exact) mass is 743 g/mol. The second-order valence-electron chi connectivity index (χ2n) is 14.3. The Morgan fingerprint density at radius 3 is 1.79 bits per heavy atom. The predicted molar refractivity (Wildman–Crippen MR) is 242 cm³/mol. The number of aromatic nitrogens is 4. The molecule has 0 saturated carbocycles. The van der Waals surface area contributed by atoms with Crippen molar-refractivity contribution in [1.82, 2.24) is 19.5 Å². The zero-order valence-corrected chi connectivity index (χ0v) is 31.6. The van der Waals surface area contributed by atoms with Gasteiger partial charge in [0, 0.05) is 49.8 Å². The number of rotatable bonds is 8. The molecule has 0 spiro atoms. The number of fused-ring (bicyclic) bond motifs is 5. The molecule has 0 radical (unpaired) electrons. The largest absolute Gasteiger partial charge is 0.398 e. The van der Waals surface area contributed by atoms with Crippen LogP contribution in [0.5, 0.6) is 0 Å². The number of benzene rings is 8. The third kappa shape index (κ3) is 6.21. The van der Waals surface area contributed by atoms with Gasteiger partial charge in [-0.15, -0.1) is 0 Å². The second kappa shape index (κ2) is 14.6. The highest BCUT2D eigenvalue weighted by Crippen LogP contribution is 2.41. The molecular formula is C53H37N5. The quantitative estimate of drug-likeness (QED) is 0.124. The molecule has 2 aromatic heterocycles. The van der Waals surface area contributed by atoms with E-state index in [9.17, 15) is 0 Å². The zero-order chi connectivity index (χ0) is 39.0. The van der Waals surface area contributed by atoms with Gasteiger partial charge in [-0.2, -0.15) is 0 Å². The topological polar surface area (TPSA) is 69.6 Å². The van der Waals surface area contributed by atoms with Gasteiger partial charge in [0.25, 0.3) is 0 Å². The van der Waals surface area contributed by atoms with Crippen LogP contribution in [0.15, 0.2) is 201 Å². The minimum absolute atomic E-state index is 0.587. The molecule has 8 aromatic carbocycles. The Morgan fingerprint density at radius 1 is 0.466 bits per heavy atom. The van der Waals surface area contributed by atoms with Crippen molar-refractivity contribution in [2.24, 2.45) is 0 Å². The van der Waals surface area contributed by atoms with Gasteiger partial charge < -0.3 is 10.3 Å². The Hall–Kier alpha value is -7.89. The van der Waals surface area contributed by atoms with Crippen molar-refractivity contribution in [3.05, 3.63) is 206 Å². The van der Waals surface area contributed by atoms with Crippen LogP contribution in [0, 0.1) is 0 Å². The maximum Gasteiger partial charge on any atom is 0.164 e. The number of hydrogen-bond donors (Lipinski definition) is 1. The first-order valence-electron chi connectivity index (χ1n) is 19.3. The van der Waals surface area contributed by atoms with Gasteiger partial charge in [0.1, 0.15) is 0 Å². The number of anilines is 1. The molecule has 58 heavy (non-hydrogen) atoms. The fraction of sp³-hybridized carbons (Fsp3) is 0. The first-order chi connectivity index (χ1) is 28.6. The molecular weight excluding hydrogens is 707 g/mol. The molecule has 0 saturated heterocycles. The van der Waals surface area contributed by atoms with Crippen molar-refractivity contribution in [3.63, 3.8) is 0 Å². The molecule has 0 amide bonds. The minimum Gasteiger partial charge on any atom is -0.398 e. The molecule has 0 unspecified atom stereocenters. The summed E-state index contributed by atoms with van der Waals surface area (Å²) in [5.74, 6) is 1.82. The van der Waals surface area contributed by atoms with E-state index in [1.807, 2.05) is 84.9 Å². The van der Waals surface area contributed by atoms with Crippen molar-refractivity contribution >= 4 is 44.3 Å². The van der Waals surface area contributed by atoms with Gasteiger partial charge in [-0.1, -0.05) is 164 Å². The zero-order valence-electron chi connectivity index (χ0n) is 31.6. The van der Waals surface area contributed by atoms with Gasteiger partial charge in [0.05, 0.1) is 11.0 Å². The van der Waals surface area contributed by atoms with E-state index < -0.39 is 0 Å². The van der Waals surface area contributed by atoms with E-state index in [-0.39, 0.29) is 0 Å². The molecule has 0 fully saturated rings. The summed E-state index contributed by atoms with van der Waals surface area (Å²) in [6.07, 6.45) is 5.73. The smallest absolute Gasteiger partial charge is 0.164 e. The van der Waals surface area contributed by atoms with Crippen molar-refractivity contribution in [1.29, 1.82) is 0 Å². The maximum absolute atomic E-state index is 7.05. The lowest BCUT2D eigenvalue weighted by Crippen LogP contribution is -2.00. The molecule has 0 aliphatic heterocycles. The van der Waals surface area contributed by atoms with Crippen LogP contribution >= 0.6 is 0 Å². The molecule has 5 nitrogen and oxygen atoms in total. The molecule has 5 heteroatoms. The summed E-state index contributed by atoms with van der Waals surface area (Å²) in [4.78, 5) is 14.9. The standard InChI is InChI=1S/C53H37N5/c1-2-3-16-40-32-42(38-28-30-48-47(33-38)45-29-27-35-17-13-14-26-44(35)50(45)58(48)43-24-11-6-12-25-43)34-46(49(40)54)39-22-15-23-41(31-39)53-56-51(36-18-7-4-8-19-36)55-52(57-53)37-20-9-5-10-21-37/h2-34H,1,54H2/b16-3-. The van der Waals surface area contributed by atoms with Crippen LogP contribution in [0.25, 0.3) is 101 Å². The molecule has 10 aromatic rings. The van der Waals surface area contributed by atoms with Gasteiger partial charge in [0.2, 0.25) is 0 Å². The first kappa shape index (κ1) is 34.6. The van der Waals surface area contributed by atoms with Crippen LogP contribution in [0.2, 0.25) is 0 Å². The number of para-hydroxylation sites is 1. The van der Waals surface area contributed by atoms with E-state index >= 15 is 0 Å². The molecule has 0 atom stereocenters. The number of nitrogen functional groups attached to an aromatic ring is 1. The lowest BCUT2D eigenvalue weighted by Gasteiger charge is -2.15. The number of allylic oxidation sites excluding steroid dienone is 2. The van der Waals surface area contributed by atoms with E-state index in [1.165, 1.54) is 27.1 Å². The third-order valence-electron chi connectivity index (χ3n) is 10.8.